The summed E-state index contributed by atoms with van der Waals surface area (Å²) in [6.07, 6.45) is 9.77. The minimum atomic E-state index is -0.846. The molecular weight excluding hydrogens is 1130 g/mol. The largest absolute Gasteiger partial charge is 0.489 e. The molecule has 0 spiro atoms. The lowest BCUT2D eigenvalue weighted by Crippen LogP contribution is -2.31. The van der Waals surface area contributed by atoms with Crippen LogP contribution in [-0.4, -0.2) is 65.6 Å². The molecular formula is C74H86N6O6S2. The summed E-state index contributed by atoms with van der Waals surface area (Å²) in [5.74, 6) is 3.78. The molecule has 4 aromatic heterocycles. The van der Waals surface area contributed by atoms with Crippen LogP contribution in [0.15, 0.2) is 170 Å². The summed E-state index contributed by atoms with van der Waals surface area (Å²) in [5, 5.41) is 9.57. The van der Waals surface area contributed by atoms with Gasteiger partial charge in [0.15, 0.2) is 0 Å². The lowest BCUT2D eigenvalue weighted by Gasteiger charge is -2.20. The molecule has 0 radical (unpaired) electrons. The molecule has 460 valence electrons. The van der Waals surface area contributed by atoms with E-state index in [1.54, 1.807) is 22.7 Å². The summed E-state index contributed by atoms with van der Waals surface area (Å²) in [6, 6.07) is 59.0. The van der Waals surface area contributed by atoms with E-state index in [9.17, 15) is 14.7 Å². The third-order valence-electron chi connectivity index (χ3n) is 16.1. The van der Waals surface area contributed by atoms with E-state index in [0.717, 1.165) is 71.7 Å². The summed E-state index contributed by atoms with van der Waals surface area (Å²) in [7, 11) is 4.01. The number of esters is 1. The number of imidazole rings is 2. The van der Waals surface area contributed by atoms with Gasteiger partial charge in [0.2, 0.25) is 0 Å². The number of rotatable bonds is 31. The molecule has 12 nitrogen and oxygen atoms in total. The van der Waals surface area contributed by atoms with Crippen molar-refractivity contribution in [2.75, 3.05) is 19.7 Å². The summed E-state index contributed by atoms with van der Waals surface area (Å²) in [6.45, 7) is 14.6. The first-order valence-electron chi connectivity index (χ1n) is 31.3. The maximum atomic E-state index is 12.5. The van der Waals surface area contributed by atoms with Crippen LogP contribution < -0.4 is 9.47 Å². The van der Waals surface area contributed by atoms with Crippen LogP contribution in [0.1, 0.15) is 141 Å². The molecule has 0 aliphatic heterocycles. The molecule has 10 rings (SSSR count). The minimum Gasteiger partial charge on any atom is -0.489 e. The highest BCUT2D eigenvalue weighted by Gasteiger charge is 2.20. The first-order valence-corrected chi connectivity index (χ1v) is 33.0. The average molecular weight is 1220 g/mol. The molecule has 10 aromatic rings. The van der Waals surface area contributed by atoms with Crippen molar-refractivity contribution in [3.05, 3.63) is 214 Å². The van der Waals surface area contributed by atoms with Gasteiger partial charge in [0, 0.05) is 46.7 Å². The third-order valence-corrected chi connectivity index (χ3v) is 18.4. The molecule has 0 atom stereocenters. The highest BCUT2D eigenvalue weighted by atomic mass is 32.1. The van der Waals surface area contributed by atoms with Gasteiger partial charge >= 0.3 is 11.9 Å². The fraction of sp³-hybridized carbons (Fsp3) is 0.351. The fourth-order valence-corrected chi connectivity index (χ4v) is 13.7. The smallest absolute Gasteiger partial charge is 0.320 e. The number of hydrogen-bond acceptors (Lipinski definition) is 11. The number of fused-ring (bicyclic) bond motifs is 2. The Hall–Kier alpha value is -7.88. The number of thiophene rings is 2. The zero-order valence-corrected chi connectivity index (χ0v) is 54.0. The molecule has 4 heterocycles. The number of para-hydroxylation sites is 4. The number of ether oxygens (including phenoxy) is 3. The summed E-state index contributed by atoms with van der Waals surface area (Å²) in [5.41, 5.74) is 11.4. The molecule has 0 saturated heterocycles. The molecule has 0 bridgehead atoms. The Morgan fingerprint density at radius 3 is 1.26 bits per heavy atom. The van der Waals surface area contributed by atoms with Crippen molar-refractivity contribution in [2.45, 2.75) is 137 Å². The first-order chi connectivity index (χ1) is 42.9. The number of nitrogens with zero attached hydrogens (tertiary/aromatic N) is 6. The molecule has 0 aliphatic carbocycles. The second kappa shape index (κ2) is 32.4. The molecule has 88 heavy (non-hydrogen) atoms. The maximum absolute atomic E-state index is 12.5. The van der Waals surface area contributed by atoms with Crippen LogP contribution in [0, 0.1) is 0 Å². The monoisotopic (exact) mass is 1220 g/mol. The van der Waals surface area contributed by atoms with Gasteiger partial charge in [-0.2, -0.15) is 0 Å². The van der Waals surface area contributed by atoms with Crippen molar-refractivity contribution in [1.29, 1.82) is 0 Å². The van der Waals surface area contributed by atoms with E-state index in [2.05, 4.69) is 165 Å². The number of carboxylic acids is 1. The van der Waals surface area contributed by atoms with Gasteiger partial charge in [-0.3, -0.25) is 19.4 Å². The minimum absolute atomic E-state index is 0.0497. The van der Waals surface area contributed by atoms with Gasteiger partial charge in [0.1, 0.15) is 36.4 Å². The second-order valence-electron chi connectivity index (χ2n) is 22.8. The van der Waals surface area contributed by atoms with Crippen molar-refractivity contribution in [2.24, 2.45) is 14.1 Å². The number of hydrogen-bond donors (Lipinski definition) is 1. The van der Waals surface area contributed by atoms with Gasteiger partial charge in [-0.15, -0.1) is 22.7 Å². The molecule has 0 unspecified atom stereocenters. The van der Waals surface area contributed by atoms with Crippen LogP contribution in [0.2, 0.25) is 0 Å². The van der Waals surface area contributed by atoms with E-state index in [-0.39, 0.29) is 19.1 Å². The summed E-state index contributed by atoms with van der Waals surface area (Å²) in [4.78, 5) is 42.4. The zero-order valence-electron chi connectivity index (χ0n) is 52.3. The molecule has 0 saturated carbocycles. The Morgan fingerprint density at radius 2 is 0.886 bits per heavy atom. The van der Waals surface area contributed by atoms with Gasteiger partial charge in [-0.05, 0) is 151 Å². The maximum Gasteiger partial charge on any atom is 0.320 e. The summed E-state index contributed by atoms with van der Waals surface area (Å²) < 4.78 is 21.6. The Kier molecular flexibility index (Phi) is 23.8. The van der Waals surface area contributed by atoms with Crippen LogP contribution in [0.4, 0.5) is 0 Å². The molecule has 0 amide bonds. The molecule has 14 heteroatoms. The molecule has 1 N–H and O–H groups in total. The number of aryl methyl sites for hydroxylation is 2. The van der Waals surface area contributed by atoms with Crippen LogP contribution in [0.25, 0.3) is 42.9 Å². The molecule has 0 aliphatic rings. The van der Waals surface area contributed by atoms with Crippen molar-refractivity contribution in [3.8, 4) is 32.4 Å². The lowest BCUT2D eigenvalue weighted by molar-refractivity contribution is -0.144. The van der Waals surface area contributed by atoms with Gasteiger partial charge < -0.3 is 28.5 Å². The van der Waals surface area contributed by atoms with Crippen molar-refractivity contribution in [1.82, 2.24) is 28.9 Å². The topological polar surface area (TPSA) is 124 Å². The van der Waals surface area contributed by atoms with Crippen molar-refractivity contribution >= 4 is 56.7 Å². The van der Waals surface area contributed by atoms with E-state index in [1.165, 1.54) is 77.8 Å². The van der Waals surface area contributed by atoms with E-state index in [4.69, 9.17) is 24.2 Å². The van der Waals surface area contributed by atoms with Crippen molar-refractivity contribution < 1.29 is 28.9 Å². The van der Waals surface area contributed by atoms with E-state index in [1.807, 2.05) is 73.0 Å². The standard InChI is InChI=1S/C38H45N3O3S.C36H41N3O3S/c1-5-10-29(11-6-2)30-18-20-32(21-19-30)44-27-28-14-16-31(17-15-28)36-23-22-33(45-36)24-41(26-38(42)43-7-3)25-37-39-34-12-8-9-13-35(34)40(37)4;1-4-8-27(9-5-2)28-16-18-30(19-17-28)42-25-26-12-14-29(15-13-26)34-21-20-31(43-34)22-39(24-36(40)41)23-35-37-32-10-6-7-11-33(32)38(35)3/h8-9,12-23,29H,5-7,10-11,24-27H2,1-4H3;6-7,10-21,27H,4-5,8-9,22-25H2,1-3H3,(H,40,41). The first kappa shape index (κ1) is 64.6. The van der Waals surface area contributed by atoms with Gasteiger partial charge in [0.25, 0.3) is 0 Å². The number of carbonyl (C=O) groups excluding carboxylic acids is 1. The number of aromatic nitrogens is 4. The zero-order chi connectivity index (χ0) is 61.8. The van der Waals surface area contributed by atoms with Crippen LogP contribution in [0.5, 0.6) is 11.5 Å². The predicted octanol–water partition coefficient (Wildman–Crippen LogP) is 17.8. The Morgan fingerprint density at radius 1 is 0.489 bits per heavy atom. The van der Waals surface area contributed by atoms with Crippen LogP contribution in [-0.2, 0) is 67.8 Å². The SMILES string of the molecule is CCCC(CCC)c1ccc(OCc2ccc(-c3ccc(CN(CC(=O)O)Cc4nc5ccccc5n4C)s3)cc2)cc1.CCCC(CCC)c1ccc(OCc2ccc(-c3ccc(CN(CC(=O)OCC)Cc4nc5ccccc5n4C)s3)cc2)cc1. The highest BCUT2D eigenvalue weighted by Crippen LogP contribution is 2.34. The fourth-order valence-electron chi connectivity index (χ4n) is 11.6. The summed E-state index contributed by atoms with van der Waals surface area (Å²) >= 11 is 3.44. The normalized spacial score (nSPS) is 11.5. The quantitative estimate of drug-likeness (QED) is 0.0420. The predicted molar refractivity (Wildman–Crippen MR) is 360 cm³/mol. The average Bonchev–Trinajstić information content (AvgIpc) is 2.75. The Balaban J connectivity index is 0.000000210. The van der Waals surface area contributed by atoms with E-state index < -0.39 is 5.97 Å². The lowest BCUT2D eigenvalue weighted by atomic mass is 9.90. The van der Waals surface area contributed by atoms with Gasteiger partial charge in [-0.25, -0.2) is 9.97 Å². The molecule has 0 fully saturated rings. The highest BCUT2D eigenvalue weighted by molar-refractivity contribution is 7.15. The van der Waals surface area contributed by atoms with E-state index in [0.29, 0.717) is 57.8 Å². The van der Waals surface area contributed by atoms with E-state index >= 15 is 0 Å². The van der Waals surface area contributed by atoms with Crippen LogP contribution in [0.3, 0.4) is 0 Å². The number of aliphatic carboxylic acids is 1. The van der Waals surface area contributed by atoms with Crippen LogP contribution >= 0.6 is 22.7 Å². The number of carbonyl (C=O) groups is 2. The Labute approximate surface area is 528 Å². The molecule has 6 aromatic carbocycles. The van der Waals surface area contributed by atoms with Crippen molar-refractivity contribution in [3.63, 3.8) is 0 Å². The third kappa shape index (κ3) is 17.9. The number of carboxylic acid groups (broad SMARTS) is 1. The van der Waals surface area contributed by atoms with Gasteiger partial charge in [-0.1, -0.05) is 150 Å². The second-order valence-corrected chi connectivity index (χ2v) is 25.2. The number of benzene rings is 6. The van der Waals surface area contributed by atoms with Gasteiger partial charge in [0.05, 0.1) is 54.9 Å². The Bertz CT molecular complexity index is 3760.